The number of thioether (sulfide) groups is 1. The zero-order valence-electron chi connectivity index (χ0n) is 78.6. The number of unbranched alkanes of at least 4 members (excludes halogenated alkanes) is 3. The van der Waals surface area contributed by atoms with Crippen LogP contribution in [0.25, 0.3) is 0 Å². The highest BCUT2D eigenvalue weighted by molar-refractivity contribution is 7.98. The molecule has 0 fully saturated rings. The number of amides is 17. The SMILES string of the molecule is CC[C@H](C)[C@H](NC(=O)[C@H](CCCCN)NC(=O)[C@H](CCCCN)NC(=O)[C@H](CC(C)C)NC(=O)[C@H](CCC(N)=O)NC(=O)[C@H](CCSC)NC(=O)[C@H](CC(N)=O)NC(=O)[C@H](CCCNC(=N)N)NC(=O)[C@H](Cc1ccccc1)NC(=O)[C@H](CO)NC(=O)[C@H](C)NC(=O)[C@H](CO)NC(=O)[C@H](Cc1ccccc1)NC(=O)[C@@H](NC(=O)[C@@H](N)Cc1cnc[nH]1)C(C)C)C(=O)N[C@@H](CCCCN)C(=O)O. The minimum Gasteiger partial charge on any atom is -0.480 e. The van der Waals surface area contributed by atoms with Crippen molar-refractivity contribution in [2.75, 3.05) is 51.4 Å². The van der Waals surface area contributed by atoms with Crippen LogP contribution in [-0.2, 0) is 106 Å². The number of carbonyl (C=O) groups excluding carboxylic acids is 17. The van der Waals surface area contributed by atoms with Crippen molar-refractivity contribution in [2.24, 2.45) is 57.9 Å². The van der Waals surface area contributed by atoms with Crippen molar-refractivity contribution >= 4 is 124 Å². The summed E-state index contributed by atoms with van der Waals surface area (Å²) in [5.41, 5.74) is 41.8. The third kappa shape index (κ3) is 44.3. The first-order valence-electron chi connectivity index (χ1n) is 45.6. The van der Waals surface area contributed by atoms with Gasteiger partial charge in [0.25, 0.3) is 0 Å². The molecule has 35 N–H and O–H groups in total. The lowest BCUT2D eigenvalue weighted by molar-refractivity contribution is -0.143. The molecule has 0 spiro atoms. The van der Waals surface area contributed by atoms with Gasteiger partial charge in [-0.15, -0.1) is 0 Å². The molecule has 0 bridgehead atoms. The Hall–Kier alpha value is -12.5. The van der Waals surface area contributed by atoms with E-state index in [9.17, 15) is 102 Å². The third-order valence-corrected chi connectivity index (χ3v) is 22.5. The fourth-order valence-corrected chi connectivity index (χ4v) is 14.3. The predicted octanol–water partition coefficient (Wildman–Crippen LogP) is -6.58. The number of hydrogen-bond donors (Lipinski definition) is 28. The van der Waals surface area contributed by atoms with E-state index in [1.807, 2.05) is 0 Å². The number of aromatic amines is 1. The van der Waals surface area contributed by atoms with Gasteiger partial charge in [0.05, 0.1) is 32.0 Å². The van der Waals surface area contributed by atoms with E-state index in [0.29, 0.717) is 61.9 Å². The van der Waals surface area contributed by atoms with Crippen LogP contribution < -0.4 is 125 Å². The highest BCUT2D eigenvalue weighted by Gasteiger charge is 2.40. The number of aliphatic carboxylic acids is 1. The Bertz CT molecular complexity index is 4350. The van der Waals surface area contributed by atoms with E-state index in [1.165, 1.54) is 24.3 Å². The smallest absolute Gasteiger partial charge is 0.326 e. The molecule has 0 radical (unpaired) electrons. The van der Waals surface area contributed by atoms with E-state index in [-0.39, 0.29) is 102 Å². The fraction of sp³-hybridized carbons (Fsp3) is 0.614. The second-order valence-corrected chi connectivity index (χ2v) is 34.9. The lowest BCUT2D eigenvalue weighted by Gasteiger charge is -2.29. The molecule has 48 heteroatoms. The molecule has 2 aromatic carbocycles. The quantitative estimate of drug-likeness (QED) is 0.0142. The van der Waals surface area contributed by atoms with Gasteiger partial charge in [-0.1, -0.05) is 109 Å². The molecule has 47 nitrogen and oxygen atoms in total. The van der Waals surface area contributed by atoms with Gasteiger partial charge in [-0.2, -0.15) is 11.8 Å². The molecule has 0 saturated heterocycles. The van der Waals surface area contributed by atoms with E-state index in [2.05, 4.69) is 95.0 Å². The molecule has 0 aliphatic carbocycles. The minimum atomic E-state index is -1.95. The molecule has 0 unspecified atom stereocenters. The summed E-state index contributed by atoms with van der Waals surface area (Å²) < 4.78 is 0. The van der Waals surface area contributed by atoms with Crippen LogP contribution in [0.3, 0.4) is 0 Å². The minimum absolute atomic E-state index is 0.00312. The topological polar surface area (TPSA) is 795 Å². The number of aromatic nitrogens is 2. The summed E-state index contributed by atoms with van der Waals surface area (Å²) in [4.78, 5) is 259. The number of nitrogens with zero attached hydrogens (tertiary/aromatic N) is 1. The number of rotatable bonds is 68. The van der Waals surface area contributed by atoms with Crippen molar-refractivity contribution in [3.8, 4) is 0 Å². The summed E-state index contributed by atoms with van der Waals surface area (Å²) in [6.07, 6.45) is 4.04. The fourth-order valence-electron chi connectivity index (χ4n) is 13.9. The first-order valence-corrected chi connectivity index (χ1v) is 47.0. The zero-order valence-corrected chi connectivity index (χ0v) is 79.4. The molecule has 758 valence electrons. The van der Waals surface area contributed by atoms with Crippen molar-refractivity contribution in [3.05, 3.63) is 90.0 Å². The van der Waals surface area contributed by atoms with Crippen LogP contribution in [0, 0.1) is 23.2 Å². The van der Waals surface area contributed by atoms with Crippen LogP contribution in [0.4, 0.5) is 0 Å². The van der Waals surface area contributed by atoms with E-state index >= 15 is 0 Å². The summed E-state index contributed by atoms with van der Waals surface area (Å²) >= 11 is 1.21. The Kier molecular flexibility index (Phi) is 55.1. The second-order valence-electron chi connectivity index (χ2n) is 34.0. The molecular formula is C88H144N26O21S. The Balaban J connectivity index is 1.95. The maximum Gasteiger partial charge on any atom is 0.326 e. The Morgan fingerprint density at radius 2 is 0.794 bits per heavy atom. The standard InChI is InChI=1S/C88H144N26O21S/c1-9-50(6)71(86(133)106-61(87(134)135)29-18-21-36-91)114-78(125)57(28-17-20-35-90)101-74(121)56(27-16-19-34-89)102-79(126)62(39-48(2)3)107-76(123)59(31-32-68(93)117)104-77(124)60(33-38-136-8)105-82(129)65(43-69(94)118)109-75(122)58(30-22-37-98-88(95)96)103-80(127)63(40-52-23-12-10-13-24-52)108-84(131)67(46-116)111-72(119)51(7)100-83(130)66(45-115)112-81(128)64(41-53-25-14-11-15-26-53)110-85(132)70(49(4)5)113-73(120)55(92)42-54-44-97-47-99-54/h10-15,23-26,44,47-51,55-67,70-71,115-116H,9,16-22,27-43,45-46,89-92H2,1-8H3,(H2,93,117)(H2,94,118)(H,97,99)(H,100,130)(H,101,121)(H,102,126)(H,103,127)(H,104,124)(H,105,129)(H,106,133)(H,107,123)(H,108,131)(H,109,122)(H,110,132)(H,111,119)(H,112,128)(H,113,120)(H,114,125)(H,134,135)(H4,95,96,98)/t50-,51-,55-,56-,57-,58-,59-,60-,61-,62-,63-,64-,65-,66-,67-,70-,71-/m0/s1. The number of carbonyl (C=O) groups is 18. The summed E-state index contributed by atoms with van der Waals surface area (Å²) in [5.74, 6) is -20.0. The van der Waals surface area contributed by atoms with E-state index in [1.54, 1.807) is 108 Å². The highest BCUT2D eigenvalue weighted by Crippen LogP contribution is 2.18. The average molecular weight is 1930 g/mol. The van der Waals surface area contributed by atoms with Gasteiger partial charge in [0.1, 0.15) is 90.6 Å². The Morgan fingerprint density at radius 3 is 1.22 bits per heavy atom. The molecule has 136 heavy (non-hydrogen) atoms. The summed E-state index contributed by atoms with van der Waals surface area (Å²) in [6, 6.07) is -8.13. The van der Waals surface area contributed by atoms with E-state index in [4.69, 9.17) is 45.5 Å². The molecule has 17 atom stereocenters. The number of guanidine groups is 1. The van der Waals surface area contributed by atoms with Crippen LogP contribution in [0.2, 0.25) is 0 Å². The molecule has 0 aliphatic heterocycles. The maximum absolute atomic E-state index is 14.8. The zero-order chi connectivity index (χ0) is 102. The molecule has 1 aromatic heterocycles. The number of carboxylic acids is 1. The van der Waals surface area contributed by atoms with Gasteiger partial charge in [0.15, 0.2) is 5.96 Å². The summed E-state index contributed by atoms with van der Waals surface area (Å²) in [6.45, 7) is 9.73. The largest absolute Gasteiger partial charge is 0.480 e. The summed E-state index contributed by atoms with van der Waals surface area (Å²) in [7, 11) is 0. The molecule has 17 amide bonds. The first-order chi connectivity index (χ1) is 64.5. The molecule has 0 saturated carbocycles. The van der Waals surface area contributed by atoms with Crippen molar-refractivity contribution in [2.45, 2.75) is 274 Å². The number of carboxylic acid groups (broad SMARTS) is 1. The molecule has 3 aromatic rings. The van der Waals surface area contributed by atoms with E-state index < -0.39 is 253 Å². The number of H-pyrrole nitrogens is 1. The Labute approximate surface area is 795 Å². The number of nitrogens with two attached hydrogens (primary N) is 7. The molecular weight excluding hydrogens is 1790 g/mol. The van der Waals surface area contributed by atoms with Gasteiger partial charge in [-0.05, 0) is 157 Å². The molecule has 1 heterocycles. The monoisotopic (exact) mass is 1930 g/mol. The van der Waals surface area contributed by atoms with Gasteiger partial charge in [0, 0.05) is 44.1 Å². The van der Waals surface area contributed by atoms with Crippen molar-refractivity contribution in [1.29, 1.82) is 5.41 Å². The average Bonchev–Trinajstić information content (AvgIpc) is 1.21. The predicted molar refractivity (Wildman–Crippen MR) is 504 cm³/mol. The lowest BCUT2D eigenvalue weighted by Crippen LogP contribution is -2.62. The maximum atomic E-state index is 14.8. The van der Waals surface area contributed by atoms with Gasteiger partial charge in [0.2, 0.25) is 100 Å². The van der Waals surface area contributed by atoms with Gasteiger partial charge < -0.3 is 146 Å². The van der Waals surface area contributed by atoms with Crippen LogP contribution in [0.1, 0.15) is 174 Å². The van der Waals surface area contributed by atoms with Gasteiger partial charge in [-0.3, -0.25) is 86.9 Å². The third-order valence-electron chi connectivity index (χ3n) is 21.9. The number of aliphatic hydroxyl groups excluding tert-OH is 2. The van der Waals surface area contributed by atoms with E-state index in [0.717, 1.165) is 6.92 Å². The normalized spacial score (nSPS) is 14.9. The first kappa shape index (κ1) is 118. The molecule has 3 rings (SSSR count). The lowest BCUT2D eigenvalue weighted by atomic mass is 9.96. The van der Waals surface area contributed by atoms with Crippen LogP contribution in [0.15, 0.2) is 73.2 Å². The van der Waals surface area contributed by atoms with Crippen molar-refractivity contribution < 1.29 is 102 Å². The van der Waals surface area contributed by atoms with Crippen molar-refractivity contribution in [3.63, 3.8) is 0 Å². The van der Waals surface area contributed by atoms with Crippen molar-refractivity contribution in [1.82, 2.24) is 95.0 Å². The van der Waals surface area contributed by atoms with Crippen LogP contribution in [0.5, 0.6) is 0 Å². The van der Waals surface area contributed by atoms with Crippen LogP contribution >= 0.6 is 11.8 Å². The van der Waals surface area contributed by atoms with Gasteiger partial charge in [-0.25, -0.2) is 9.78 Å². The number of primary amides is 2. The highest BCUT2D eigenvalue weighted by atomic mass is 32.2. The number of imidazole rings is 1. The number of nitrogens with one attached hydrogen (secondary N) is 18. The Morgan fingerprint density at radius 1 is 0.419 bits per heavy atom. The second kappa shape index (κ2) is 63.7. The summed E-state index contributed by atoms with van der Waals surface area (Å²) in [5, 5.41) is 79.3. The van der Waals surface area contributed by atoms with Crippen LogP contribution in [-0.4, -0.2) is 286 Å². The molecule has 0 aliphatic rings. The number of hydrogen-bond acceptors (Lipinski definition) is 27. The van der Waals surface area contributed by atoms with Gasteiger partial charge >= 0.3 is 5.97 Å². The number of aliphatic hydroxyl groups is 2. The number of benzene rings is 2.